The van der Waals surface area contributed by atoms with Crippen molar-refractivity contribution < 1.29 is 32.9 Å². The van der Waals surface area contributed by atoms with E-state index < -0.39 is 20.0 Å². The van der Waals surface area contributed by atoms with Crippen LogP contribution in [0.2, 0.25) is 0 Å². The van der Waals surface area contributed by atoms with E-state index in [2.05, 4.69) is 129 Å². The van der Waals surface area contributed by atoms with E-state index in [4.69, 9.17) is 9.05 Å². The van der Waals surface area contributed by atoms with Crippen LogP contribution in [0.4, 0.5) is 0 Å². The zero-order chi connectivity index (χ0) is 50.6. The van der Waals surface area contributed by atoms with Gasteiger partial charge in [-0.1, -0.05) is 219 Å². The number of phosphoric acid groups is 1. The molecule has 0 aliphatic heterocycles. The molecule has 1 amide bonds. The van der Waals surface area contributed by atoms with Crippen LogP contribution in [0, 0.1) is 0 Å². The van der Waals surface area contributed by atoms with E-state index in [0.29, 0.717) is 17.4 Å². The Hall–Kier alpha value is -3.10. The number of rotatable bonds is 48. The summed E-state index contributed by atoms with van der Waals surface area (Å²) in [5, 5.41) is 13.9. The van der Waals surface area contributed by atoms with Crippen molar-refractivity contribution in [1.29, 1.82) is 0 Å². The minimum Gasteiger partial charge on any atom is -0.387 e. The van der Waals surface area contributed by atoms with E-state index in [1.807, 2.05) is 27.2 Å². The van der Waals surface area contributed by atoms with Gasteiger partial charge in [-0.2, -0.15) is 0 Å². The summed E-state index contributed by atoms with van der Waals surface area (Å²) in [6, 6.07) is -0.876. The summed E-state index contributed by atoms with van der Waals surface area (Å²) in [7, 11) is 1.53. The van der Waals surface area contributed by atoms with Crippen LogP contribution in [-0.2, 0) is 18.4 Å². The van der Waals surface area contributed by atoms with Gasteiger partial charge in [0.15, 0.2) is 0 Å². The highest BCUT2D eigenvalue weighted by Crippen LogP contribution is 2.43. The van der Waals surface area contributed by atoms with Gasteiger partial charge in [0.25, 0.3) is 0 Å². The number of aliphatic hydroxyl groups is 1. The first kappa shape index (κ1) is 65.9. The molecule has 394 valence electrons. The van der Waals surface area contributed by atoms with Gasteiger partial charge in [-0.05, 0) is 96.3 Å². The highest BCUT2D eigenvalue weighted by Gasteiger charge is 2.27. The van der Waals surface area contributed by atoms with Crippen LogP contribution in [0.15, 0.2) is 122 Å². The molecule has 0 aromatic carbocycles. The van der Waals surface area contributed by atoms with E-state index in [9.17, 15) is 19.4 Å². The molecule has 0 aliphatic carbocycles. The summed E-state index contributed by atoms with van der Waals surface area (Å²) in [5.74, 6) is -0.202. The number of amides is 1. The molecule has 3 N–H and O–H groups in total. The molecular weight excluding hydrogens is 876 g/mol. The number of aliphatic hydroxyl groups excluding tert-OH is 1. The minimum absolute atomic E-state index is 0.0480. The summed E-state index contributed by atoms with van der Waals surface area (Å²) >= 11 is 0. The molecule has 69 heavy (non-hydrogen) atoms. The van der Waals surface area contributed by atoms with Crippen LogP contribution in [-0.4, -0.2) is 73.4 Å². The molecule has 0 saturated heterocycles. The zero-order valence-electron chi connectivity index (χ0n) is 44.8. The second kappa shape index (κ2) is 49.9. The Balaban J connectivity index is 4.24. The number of allylic oxidation sites excluding steroid dienone is 19. The predicted octanol–water partition coefficient (Wildman–Crippen LogP) is 16.6. The quantitative estimate of drug-likeness (QED) is 0.0243. The molecule has 3 atom stereocenters. The van der Waals surface area contributed by atoms with Gasteiger partial charge < -0.3 is 19.8 Å². The normalized spacial score (nSPS) is 14.9. The number of nitrogens with one attached hydrogen (secondary N) is 1. The van der Waals surface area contributed by atoms with Gasteiger partial charge in [-0.25, -0.2) is 4.57 Å². The molecule has 0 bridgehead atoms. The van der Waals surface area contributed by atoms with Crippen molar-refractivity contribution in [3.63, 3.8) is 0 Å². The molecule has 3 unspecified atom stereocenters. The number of hydrogen-bond acceptors (Lipinski definition) is 5. The SMILES string of the molecule is CC/C=C\C/C=C\C/C=C\C/C=C\C/C=C\C/C=C\C/C=C\C/C=C\CCCCCCCCCCC(=O)NC(COP(=O)(O)OCC[N+](C)(C)C)C(O)/C=C/CC/C=C/CCCCCCCCCC. The van der Waals surface area contributed by atoms with E-state index >= 15 is 0 Å². The van der Waals surface area contributed by atoms with Crippen LogP contribution in [0.5, 0.6) is 0 Å². The van der Waals surface area contributed by atoms with Crippen molar-refractivity contribution in [2.75, 3.05) is 40.9 Å². The van der Waals surface area contributed by atoms with E-state index in [0.717, 1.165) is 103 Å². The molecule has 0 fully saturated rings. The lowest BCUT2D eigenvalue weighted by Crippen LogP contribution is -2.45. The molecule has 0 aromatic heterocycles. The number of nitrogens with zero attached hydrogens (tertiary/aromatic N) is 1. The van der Waals surface area contributed by atoms with Gasteiger partial charge >= 0.3 is 7.82 Å². The van der Waals surface area contributed by atoms with Crippen molar-refractivity contribution in [2.45, 2.75) is 212 Å². The average molecular weight is 980 g/mol. The third kappa shape index (κ3) is 52.6. The molecular formula is C60H104N2O6P+. The van der Waals surface area contributed by atoms with Gasteiger partial charge in [-0.15, -0.1) is 0 Å². The maximum absolute atomic E-state index is 12.9. The number of carbonyl (C=O) groups excluding carboxylic acids is 1. The predicted molar refractivity (Wildman–Crippen MR) is 299 cm³/mol. The van der Waals surface area contributed by atoms with Crippen LogP contribution in [0.1, 0.15) is 200 Å². The van der Waals surface area contributed by atoms with Crippen LogP contribution < -0.4 is 5.32 Å². The molecule has 0 heterocycles. The Morgan fingerprint density at radius 1 is 0.507 bits per heavy atom. The number of carbonyl (C=O) groups is 1. The monoisotopic (exact) mass is 980 g/mol. The van der Waals surface area contributed by atoms with Gasteiger partial charge in [0.1, 0.15) is 13.2 Å². The molecule has 0 radical (unpaired) electrons. The fourth-order valence-corrected chi connectivity index (χ4v) is 7.87. The highest BCUT2D eigenvalue weighted by atomic mass is 31.2. The van der Waals surface area contributed by atoms with Crippen molar-refractivity contribution in [3.05, 3.63) is 122 Å². The number of hydrogen-bond donors (Lipinski definition) is 3. The summed E-state index contributed by atoms with van der Waals surface area (Å²) in [5.41, 5.74) is 0. The summed E-state index contributed by atoms with van der Waals surface area (Å²) in [4.78, 5) is 23.2. The molecule has 0 saturated carbocycles. The zero-order valence-corrected chi connectivity index (χ0v) is 45.6. The van der Waals surface area contributed by atoms with Gasteiger partial charge in [0.2, 0.25) is 5.91 Å². The molecule has 0 aromatic rings. The second-order valence-corrected chi connectivity index (χ2v) is 20.7. The summed E-state index contributed by atoms with van der Waals surface area (Å²) in [6.07, 6.45) is 74.3. The van der Waals surface area contributed by atoms with Crippen molar-refractivity contribution >= 4 is 13.7 Å². The van der Waals surface area contributed by atoms with Gasteiger partial charge in [0.05, 0.1) is 39.9 Å². The Kier molecular flexibility index (Phi) is 47.6. The fourth-order valence-electron chi connectivity index (χ4n) is 7.13. The fraction of sp³-hybridized carbons (Fsp3) is 0.650. The number of unbranched alkanes of at least 4 members (excludes halogenated alkanes) is 17. The molecule has 0 rings (SSSR count). The topological polar surface area (TPSA) is 105 Å². The molecule has 8 nitrogen and oxygen atoms in total. The van der Waals surface area contributed by atoms with Crippen LogP contribution in [0.3, 0.4) is 0 Å². The van der Waals surface area contributed by atoms with E-state index in [1.165, 1.54) is 77.0 Å². The molecule has 0 aliphatic rings. The minimum atomic E-state index is -4.36. The van der Waals surface area contributed by atoms with Gasteiger partial charge in [-0.3, -0.25) is 13.8 Å². The molecule has 0 spiro atoms. The van der Waals surface area contributed by atoms with Crippen LogP contribution >= 0.6 is 7.82 Å². The third-order valence-corrected chi connectivity index (χ3v) is 12.4. The van der Waals surface area contributed by atoms with Crippen molar-refractivity contribution in [3.8, 4) is 0 Å². The van der Waals surface area contributed by atoms with E-state index in [-0.39, 0.29) is 19.1 Å². The molecule has 9 heteroatoms. The first-order chi connectivity index (χ1) is 33.5. The Bertz CT molecular complexity index is 1530. The Morgan fingerprint density at radius 3 is 1.33 bits per heavy atom. The number of phosphoric ester groups is 1. The lowest BCUT2D eigenvalue weighted by molar-refractivity contribution is -0.870. The smallest absolute Gasteiger partial charge is 0.387 e. The van der Waals surface area contributed by atoms with E-state index in [1.54, 1.807) is 6.08 Å². The standard InChI is InChI=1S/C60H103N2O6P/c1-6-8-10-12-14-16-18-20-22-23-24-25-26-27-28-29-30-31-32-33-34-35-36-37-38-39-40-42-44-46-48-50-52-54-60(64)61-58(57-68-69(65,66)67-56-55-62(3,4)5)59(63)53-51-49-47-45-43-41-21-19-17-15-13-11-9-7-2/h8,10,14,16,20,22,24-25,27-28,30-31,33-34,36-37,43,45,51,53,58-59,63H,6-7,9,11-13,15,17-19,21,23,26,29,32,35,38-42,44,46-50,52,54-57H2,1-5H3,(H-,61,64,65,66)/p+1/b10-8-,16-14-,22-20-,25-24-,28-27-,31-30-,34-33-,37-36-,45-43+,53-51+. The number of quaternary nitrogens is 1. The first-order valence-electron chi connectivity index (χ1n) is 27.4. The number of likely N-dealkylation sites (N-methyl/N-ethyl adjacent to an activating group) is 1. The largest absolute Gasteiger partial charge is 0.472 e. The average Bonchev–Trinajstić information content (AvgIpc) is 3.31. The van der Waals surface area contributed by atoms with Gasteiger partial charge in [0, 0.05) is 6.42 Å². The first-order valence-corrected chi connectivity index (χ1v) is 28.9. The van der Waals surface area contributed by atoms with Crippen molar-refractivity contribution in [2.24, 2.45) is 0 Å². The summed E-state index contributed by atoms with van der Waals surface area (Å²) < 4.78 is 23.6. The highest BCUT2D eigenvalue weighted by molar-refractivity contribution is 7.47. The Morgan fingerprint density at radius 2 is 0.884 bits per heavy atom. The maximum atomic E-state index is 12.9. The maximum Gasteiger partial charge on any atom is 0.472 e. The Labute approximate surface area is 424 Å². The summed E-state index contributed by atoms with van der Waals surface area (Å²) in [6.45, 7) is 4.64. The van der Waals surface area contributed by atoms with Crippen molar-refractivity contribution in [1.82, 2.24) is 5.32 Å². The lowest BCUT2D eigenvalue weighted by atomic mass is 10.1. The third-order valence-electron chi connectivity index (χ3n) is 11.4. The van der Waals surface area contributed by atoms with Crippen LogP contribution in [0.25, 0.3) is 0 Å². The second-order valence-electron chi connectivity index (χ2n) is 19.2. The lowest BCUT2D eigenvalue weighted by Gasteiger charge is -2.25.